The van der Waals surface area contributed by atoms with Crippen molar-refractivity contribution < 1.29 is 27.8 Å². The second-order valence-corrected chi connectivity index (χ2v) is 7.28. The molecule has 0 saturated carbocycles. The Labute approximate surface area is 179 Å². The molecule has 3 rings (SSSR count). The number of ether oxygens (including phenoxy) is 2. The quantitative estimate of drug-likeness (QED) is 0.360. The summed E-state index contributed by atoms with van der Waals surface area (Å²) >= 11 is 0. The molecule has 160 valence electrons. The molecule has 0 aliphatic carbocycles. The Morgan fingerprint density at radius 2 is 1.65 bits per heavy atom. The predicted molar refractivity (Wildman–Crippen MR) is 113 cm³/mol. The summed E-state index contributed by atoms with van der Waals surface area (Å²) < 4.78 is 38.3. The van der Waals surface area contributed by atoms with E-state index < -0.39 is 23.4 Å². The lowest BCUT2D eigenvalue weighted by Crippen LogP contribution is -2.18. The largest absolute Gasteiger partial charge is 0.482 e. The molecule has 0 aliphatic heterocycles. The average Bonchev–Trinajstić information content (AvgIpc) is 2.72. The van der Waals surface area contributed by atoms with Crippen molar-refractivity contribution in [2.24, 2.45) is 0 Å². The van der Waals surface area contributed by atoms with E-state index in [2.05, 4.69) is 0 Å². The van der Waals surface area contributed by atoms with Gasteiger partial charge in [-0.25, -0.2) is 13.6 Å². The van der Waals surface area contributed by atoms with Crippen LogP contribution in [0, 0.1) is 11.6 Å². The molecule has 0 aliphatic rings. The van der Waals surface area contributed by atoms with E-state index in [1.54, 1.807) is 50.2 Å². The fourth-order valence-corrected chi connectivity index (χ4v) is 3.05. The maximum absolute atomic E-state index is 14.3. The van der Waals surface area contributed by atoms with Crippen molar-refractivity contribution >= 4 is 11.8 Å². The van der Waals surface area contributed by atoms with Gasteiger partial charge in [0, 0.05) is 6.42 Å². The minimum absolute atomic E-state index is 0.0584. The first-order valence-corrected chi connectivity index (χ1v) is 9.81. The van der Waals surface area contributed by atoms with Crippen molar-refractivity contribution in [2.45, 2.75) is 26.4 Å². The molecule has 0 heterocycles. The minimum Gasteiger partial charge on any atom is -0.482 e. The number of carbonyl (C=O) groups excluding carboxylic acids is 2. The number of hydrogen-bond acceptors (Lipinski definition) is 4. The van der Waals surface area contributed by atoms with Crippen LogP contribution in [-0.2, 0) is 16.0 Å². The molecule has 0 aromatic heterocycles. The van der Waals surface area contributed by atoms with Crippen LogP contribution >= 0.6 is 0 Å². The van der Waals surface area contributed by atoms with Gasteiger partial charge in [0.05, 0.1) is 11.7 Å². The molecular formula is C25H22F2O4. The van der Waals surface area contributed by atoms with Gasteiger partial charge in [0.2, 0.25) is 0 Å². The fraction of sp³-hybridized carbons (Fsp3) is 0.200. The molecule has 0 unspecified atom stereocenters. The Morgan fingerprint density at radius 3 is 2.39 bits per heavy atom. The zero-order valence-electron chi connectivity index (χ0n) is 17.2. The third kappa shape index (κ3) is 6.22. The number of Topliss-reactive ketones (excluding diaryl/α,β-unsaturated/α-hetero) is 1. The Kier molecular flexibility index (Phi) is 7.13. The van der Waals surface area contributed by atoms with Crippen LogP contribution in [0.25, 0.3) is 11.1 Å². The number of carbonyl (C=O) groups is 2. The highest BCUT2D eigenvalue weighted by molar-refractivity contribution is 5.98. The maximum Gasteiger partial charge on any atom is 0.344 e. The number of halogens is 2. The lowest BCUT2D eigenvalue weighted by molar-refractivity contribution is -0.149. The minimum atomic E-state index is -0.644. The summed E-state index contributed by atoms with van der Waals surface area (Å²) in [5.41, 5.74) is 1.63. The molecule has 0 saturated heterocycles. The van der Waals surface area contributed by atoms with Gasteiger partial charge < -0.3 is 9.47 Å². The average molecular weight is 424 g/mol. The van der Waals surface area contributed by atoms with Crippen LogP contribution in [-0.4, -0.2) is 24.5 Å². The molecule has 31 heavy (non-hydrogen) atoms. The van der Waals surface area contributed by atoms with Crippen molar-refractivity contribution in [3.8, 4) is 16.9 Å². The normalized spacial score (nSPS) is 10.7. The van der Waals surface area contributed by atoms with E-state index in [0.717, 1.165) is 0 Å². The molecule has 0 radical (unpaired) electrons. The van der Waals surface area contributed by atoms with Crippen molar-refractivity contribution in [2.75, 3.05) is 6.61 Å². The molecule has 4 nitrogen and oxygen atoms in total. The van der Waals surface area contributed by atoms with Gasteiger partial charge in [0.15, 0.2) is 12.4 Å². The first kappa shape index (κ1) is 22.2. The number of esters is 1. The Hall–Kier alpha value is -3.54. The molecule has 0 bridgehead atoms. The monoisotopic (exact) mass is 424 g/mol. The van der Waals surface area contributed by atoms with Gasteiger partial charge in [-0.1, -0.05) is 30.3 Å². The van der Waals surface area contributed by atoms with Crippen molar-refractivity contribution in [3.63, 3.8) is 0 Å². The zero-order chi connectivity index (χ0) is 22.4. The van der Waals surface area contributed by atoms with Crippen LogP contribution in [0.5, 0.6) is 5.75 Å². The highest BCUT2D eigenvalue weighted by Gasteiger charge is 2.15. The molecule has 6 heteroatoms. The van der Waals surface area contributed by atoms with Gasteiger partial charge >= 0.3 is 5.97 Å². The van der Waals surface area contributed by atoms with Crippen molar-refractivity contribution in [1.29, 1.82) is 0 Å². The van der Waals surface area contributed by atoms with Gasteiger partial charge in [0.1, 0.15) is 17.4 Å². The van der Waals surface area contributed by atoms with Crippen LogP contribution in [0.3, 0.4) is 0 Å². The predicted octanol–water partition coefficient (Wildman–Crippen LogP) is 5.39. The summed E-state index contributed by atoms with van der Waals surface area (Å²) in [5.74, 6) is -1.57. The second kappa shape index (κ2) is 9.98. The van der Waals surface area contributed by atoms with Crippen molar-refractivity contribution in [3.05, 3.63) is 89.5 Å². The number of hydrogen-bond donors (Lipinski definition) is 0. The number of benzene rings is 3. The molecule has 0 amide bonds. The summed E-state index contributed by atoms with van der Waals surface area (Å²) in [6.45, 7) is 3.24. The number of rotatable bonds is 8. The van der Waals surface area contributed by atoms with Gasteiger partial charge in [-0.3, -0.25) is 4.79 Å². The maximum atomic E-state index is 14.3. The topological polar surface area (TPSA) is 52.6 Å². The molecule has 0 fully saturated rings. The van der Waals surface area contributed by atoms with Crippen LogP contribution in [0.4, 0.5) is 8.78 Å². The summed E-state index contributed by atoms with van der Waals surface area (Å²) in [6, 6.07) is 16.7. The van der Waals surface area contributed by atoms with E-state index in [4.69, 9.17) is 9.47 Å². The van der Waals surface area contributed by atoms with E-state index in [1.807, 2.05) is 0 Å². The van der Waals surface area contributed by atoms with Gasteiger partial charge in [-0.15, -0.1) is 0 Å². The van der Waals surface area contributed by atoms with Crippen molar-refractivity contribution in [1.82, 2.24) is 0 Å². The Balaban J connectivity index is 1.73. The second-order valence-electron chi connectivity index (χ2n) is 7.28. The molecule has 0 N–H and O–H groups in total. The van der Waals surface area contributed by atoms with E-state index in [0.29, 0.717) is 22.4 Å². The molecule has 0 spiro atoms. The van der Waals surface area contributed by atoms with Crippen LogP contribution < -0.4 is 4.74 Å². The van der Waals surface area contributed by atoms with E-state index >= 15 is 0 Å². The third-order valence-electron chi connectivity index (χ3n) is 4.41. The lowest BCUT2D eigenvalue weighted by Gasteiger charge is -2.10. The third-order valence-corrected chi connectivity index (χ3v) is 4.41. The fourth-order valence-electron chi connectivity index (χ4n) is 3.05. The van der Waals surface area contributed by atoms with E-state index in [9.17, 15) is 18.4 Å². The smallest absolute Gasteiger partial charge is 0.344 e. The van der Waals surface area contributed by atoms with Crippen LogP contribution in [0.2, 0.25) is 0 Å². The molecule has 3 aromatic carbocycles. The first-order valence-electron chi connectivity index (χ1n) is 9.81. The highest BCUT2D eigenvalue weighted by atomic mass is 19.1. The van der Waals surface area contributed by atoms with Crippen LogP contribution in [0.15, 0.2) is 66.7 Å². The molecular weight excluding hydrogens is 402 g/mol. The summed E-state index contributed by atoms with van der Waals surface area (Å²) in [4.78, 5) is 24.4. The van der Waals surface area contributed by atoms with Crippen LogP contribution in [0.1, 0.15) is 29.8 Å². The van der Waals surface area contributed by atoms with E-state index in [-0.39, 0.29) is 24.7 Å². The van der Waals surface area contributed by atoms with Gasteiger partial charge in [0.25, 0.3) is 0 Å². The SMILES string of the molecule is CC(C)OC(=O)COc1cccc(CC(=O)c2cc(-c3cccc(F)c3)ccc2F)c1. The Bertz CT molecular complexity index is 1090. The number of ketones is 1. The van der Waals surface area contributed by atoms with Gasteiger partial charge in [-0.2, -0.15) is 0 Å². The standard InChI is InChI=1S/C25H22F2O4/c1-16(2)31-25(29)15-30-21-8-3-5-17(11-21)12-24(28)22-14-19(9-10-23(22)27)18-6-4-7-20(26)13-18/h3-11,13-14,16H,12,15H2,1-2H3. The van der Waals surface area contributed by atoms with Gasteiger partial charge in [-0.05, 0) is 66.9 Å². The summed E-state index contributed by atoms with van der Waals surface area (Å²) in [5, 5.41) is 0. The molecule has 3 aromatic rings. The first-order chi connectivity index (χ1) is 14.8. The summed E-state index contributed by atoms with van der Waals surface area (Å²) in [7, 11) is 0. The lowest BCUT2D eigenvalue weighted by atomic mass is 9.97. The highest BCUT2D eigenvalue weighted by Crippen LogP contribution is 2.24. The van der Waals surface area contributed by atoms with E-state index in [1.165, 1.54) is 30.3 Å². The Morgan fingerprint density at radius 1 is 0.903 bits per heavy atom. The molecule has 0 atom stereocenters. The zero-order valence-corrected chi connectivity index (χ0v) is 17.2. The summed E-state index contributed by atoms with van der Waals surface area (Å²) in [6.07, 6.45) is -0.296.